The van der Waals surface area contributed by atoms with E-state index in [9.17, 15) is 14.0 Å². The maximum atomic E-state index is 14.4. The lowest BCUT2D eigenvalue weighted by Gasteiger charge is -2.06. The first-order chi connectivity index (χ1) is 13.5. The number of amides is 2. The molecule has 3 N–H and O–H groups in total. The molecule has 28 heavy (non-hydrogen) atoms. The highest BCUT2D eigenvalue weighted by molar-refractivity contribution is 6.03. The number of rotatable bonds is 7. The second kappa shape index (κ2) is 8.57. The van der Waals surface area contributed by atoms with Crippen molar-refractivity contribution in [1.29, 1.82) is 0 Å². The van der Waals surface area contributed by atoms with Crippen molar-refractivity contribution in [3.8, 4) is 0 Å². The average Bonchev–Trinajstić information content (AvgIpc) is 3.03. The van der Waals surface area contributed by atoms with Gasteiger partial charge in [-0.25, -0.2) is 9.37 Å². The van der Waals surface area contributed by atoms with Crippen LogP contribution in [0.4, 0.5) is 10.1 Å². The van der Waals surface area contributed by atoms with Crippen molar-refractivity contribution >= 4 is 28.4 Å². The van der Waals surface area contributed by atoms with Gasteiger partial charge in [-0.15, -0.1) is 0 Å². The van der Waals surface area contributed by atoms with Gasteiger partial charge in [-0.05, 0) is 32.2 Å². The summed E-state index contributed by atoms with van der Waals surface area (Å²) in [7, 11) is 1.80. The number of fused-ring (bicyclic) bond motifs is 1. The molecule has 0 radical (unpaired) electrons. The van der Waals surface area contributed by atoms with E-state index in [1.54, 1.807) is 38.4 Å². The molecule has 0 bridgehead atoms. The predicted molar refractivity (Wildman–Crippen MR) is 104 cm³/mol. The van der Waals surface area contributed by atoms with Crippen molar-refractivity contribution in [1.82, 2.24) is 25.4 Å². The van der Waals surface area contributed by atoms with Crippen LogP contribution in [0, 0.1) is 12.7 Å². The number of halogens is 1. The van der Waals surface area contributed by atoms with E-state index in [1.165, 1.54) is 16.8 Å². The maximum Gasteiger partial charge on any atom is 0.274 e. The highest BCUT2D eigenvalue weighted by atomic mass is 19.1. The molecule has 0 saturated heterocycles. The molecular weight excluding hydrogens is 363 g/mol. The third-order valence-corrected chi connectivity index (χ3v) is 4.01. The van der Waals surface area contributed by atoms with Gasteiger partial charge < -0.3 is 16.0 Å². The Labute approximate surface area is 161 Å². The molecule has 2 aromatic heterocycles. The molecule has 0 aliphatic rings. The van der Waals surface area contributed by atoms with Gasteiger partial charge in [0.1, 0.15) is 18.1 Å². The molecule has 0 unspecified atom stereocenters. The zero-order valence-electron chi connectivity index (χ0n) is 15.6. The molecule has 0 aliphatic carbocycles. The van der Waals surface area contributed by atoms with Crippen LogP contribution in [0.5, 0.6) is 0 Å². The molecule has 0 fully saturated rings. The van der Waals surface area contributed by atoms with Gasteiger partial charge in [-0.3, -0.25) is 14.3 Å². The summed E-state index contributed by atoms with van der Waals surface area (Å²) in [6.45, 7) is 2.96. The second-order valence-corrected chi connectivity index (χ2v) is 6.29. The van der Waals surface area contributed by atoms with Crippen LogP contribution >= 0.6 is 0 Å². The number of pyridine rings is 1. The Morgan fingerprint density at radius 1 is 1.21 bits per heavy atom. The summed E-state index contributed by atoms with van der Waals surface area (Å²) in [5.41, 5.74) is 1.32. The van der Waals surface area contributed by atoms with Crippen molar-refractivity contribution in [2.45, 2.75) is 13.5 Å². The van der Waals surface area contributed by atoms with Gasteiger partial charge in [0.15, 0.2) is 0 Å². The third-order valence-electron chi connectivity index (χ3n) is 4.01. The zero-order chi connectivity index (χ0) is 20.1. The van der Waals surface area contributed by atoms with Crippen molar-refractivity contribution in [2.75, 3.05) is 25.5 Å². The molecule has 0 spiro atoms. The second-order valence-electron chi connectivity index (χ2n) is 6.29. The molecule has 0 atom stereocenters. The number of benzene rings is 1. The van der Waals surface area contributed by atoms with Crippen LogP contribution in [0.1, 0.15) is 16.2 Å². The van der Waals surface area contributed by atoms with Gasteiger partial charge in [-0.1, -0.05) is 6.07 Å². The molecule has 3 aromatic rings. The number of nitrogens with one attached hydrogen (secondary N) is 3. The van der Waals surface area contributed by atoms with Gasteiger partial charge in [0.05, 0.1) is 11.2 Å². The molecule has 1 aromatic carbocycles. The highest BCUT2D eigenvalue weighted by Gasteiger charge is 2.14. The molecule has 0 saturated carbocycles. The molecular formula is C19H21FN6O2. The van der Waals surface area contributed by atoms with Crippen LogP contribution in [-0.2, 0) is 11.3 Å². The number of aromatic nitrogens is 3. The van der Waals surface area contributed by atoms with Crippen LogP contribution in [0.2, 0.25) is 0 Å². The largest absolute Gasteiger partial charge is 0.353 e. The third kappa shape index (κ3) is 4.68. The van der Waals surface area contributed by atoms with E-state index in [0.29, 0.717) is 29.7 Å². The fraction of sp³-hybridized carbons (Fsp3) is 0.263. The fourth-order valence-corrected chi connectivity index (χ4v) is 2.66. The van der Waals surface area contributed by atoms with E-state index in [1.807, 2.05) is 0 Å². The zero-order valence-corrected chi connectivity index (χ0v) is 15.6. The van der Waals surface area contributed by atoms with Gasteiger partial charge in [0, 0.05) is 36.4 Å². The Balaban J connectivity index is 1.75. The van der Waals surface area contributed by atoms with Crippen LogP contribution in [0.25, 0.3) is 10.9 Å². The minimum atomic E-state index is -0.614. The van der Waals surface area contributed by atoms with Crippen LogP contribution in [-0.4, -0.2) is 46.7 Å². The monoisotopic (exact) mass is 384 g/mol. The number of carbonyl (C=O) groups is 2. The first-order valence-corrected chi connectivity index (χ1v) is 8.79. The summed E-state index contributed by atoms with van der Waals surface area (Å²) >= 11 is 0. The lowest BCUT2D eigenvalue weighted by atomic mass is 10.2. The van der Waals surface area contributed by atoms with Gasteiger partial charge in [0.2, 0.25) is 5.91 Å². The number of aryl methyl sites for hydroxylation is 1. The lowest BCUT2D eigenvalue weighted by molar-refractivity contribution is -0.121. The molecule has 146 valence electrons. The highest BCUT2D eigenvalue weighted by Crippen LogP contribution is 2.22. The van der Waals surface area contributed by atoms with E-state index in [2.05, 4.69) is 26.0 Å². The smallest absolute Gasteiger partial charge is 0.274 e. The average molecular weight is 384 g/mol. The Morgan fingerprint density at radius 3 is 2.79 bits per heavy atom. The lowest BCUT2D eigenvalue weighted by Crippen LogP contribution is -2.33. The topological polar surface area (TPSA) is 101 Å². The molecule has 2 amide bonds. The first kappa shape index (κ1) is 19.4. The Bertz CT molecular complexity index is 1020. The molecule has 3 rings (SSSR count). The maximum absolute atomic E-state index is 14.4. The molecule has 8 nitrogen and oxygen atoms in total. The minimum absolute atomic E-state index is 0.0227. The van der Waals surface area contributed by atoms with Gasteiger partial charge >= 0.3 is 0 Å². The van der Waals surface area contributed by atoms with Crippen molar-refractivity contribution in [3.05, 3.63) is 53.7 Å². The normalized spacial score (nSPS) is 10.8. The summed E-state index contributed by atoms with van der Waals surface area (Å²) in [4.78, 5) is 28.3. The van der Waals surface area contributed by atoms with Gasteiger partial charge in [0.25, 0.3) is 5.91 Å². The van der Waals surface area contributed by atoms with Crippen molar-refractivity contribution in [2.24, 2.45) is 0 Å². The summed E-state index contributed by atoms with van der Waals surface area (Å²) in [6, 6.07) is 7.75. The van der Waals surface area contributed by atoms with Crippen LogP contribution in [0.15, 0.2) is 36.5 Å². The number of carbonyl (C=O) groups excluding carboxylic acids is 2. The number of nitrogens with zero attached hydrogens (tertiary/aromatic N) is 3. The standard InChI is InChI=1S/C19H21FN6O2/c1-12-4-3-5-15(23-12)19(28)24-17-8-13-10-26(25-16(13)9-14(17)20)11-18(27)22-7-6-21-2/h3-5,8-10,21H,6-7,11H2,1-2H3,(H,22,27)(H,24,28). The quantitative estimate of drug-likeness (QED) is 0.536. The summed E-state index contributed by atoms with van der Waals surface area (Å²) in [5, 5.41) is 13.0. The summed E-state index contributed by atoms with van der Waals surface area (Å²) in [5.74, 6) is -1.31. The SMILES string of the molecule is CNCCNC(=O)Cn1cc2cc(NC(=O)c3cccc(C)n3)c(F)cc2n1. The van der Waals surface area contributed by atoms with E-state index in [4.69, 9.17) is 0 Å². The Kier molecular flexibility index (Phi) is 5.95. The molecule has 2 heterocycles. The van der Waals surface area contributed by atoms with Crippen molar-refractivity contribution in [3.63, 3.8) is 0 Å². The fourth-order valence-electron chi connectivity index (χ4n) is 2.66. The predicted octanol–water partition coefficient (Wildman–Crippen LogP) is 1.47. The Morgan fingerprint density at radius 2 is 2.04 bits per heavy atom. The number of likely N-dealkylation sites (N-methyl/N-ethyl adjacent to an activating group) is 1. The molecule has 9 heteroatoms. The van der Waals surface area contributed by atoms with Crippen LogP contribution in [0.3, 0.4) is 0 Å². The van der Waals surface area contributed by atoms with Crippen molar-refractivity contribution < 1.29 is 14.0 Å². The van der Waals surface area contributed by atoms with Gasteiger partial charge in [-0.2, -0.15) is 5.10 Å². The minimum Gasteiger partial charge on any atom is -0.353 e. The number of anilines is 1. The Hall–Kier alpha value is -3.33. The van der Waals surface area contributed by atoms with E-state index in [0.717, 1.165) is 0 Å². The first-order valence-electron chi connectivity index (χ1n) is 8.79. The van der Waals surface area contributed by atoms with E-state index in [-0.39, 0.29) is 23.8 Å². The van der Waals surface area contributed by atoms with Crippen LogP contribution < -0.4 is 16.0 Å². The summed E-state index contributed by atoms with van der Waals surface area (Å²) in [6.07, 6.45) is 1.63. The number of hydrogen-bond acceptors (Lipinski definition) is 5. The van der Waals surface area contributed by atoms with E-state index < -0.39 is 11.7 Å². The summed E-state index contributed by atoms with van der Waals surface area (Å²) < 4.78 is 15.8. The van der Waals surface area contributed by atoms with E-state index >= 15 is 0 Å². The number of hydrogen-bond donors (Lipinski definition) is 3. The molecule has 0 aliphatic heterocycles.